The van der Waals surface area contributed by atoms with Gasteiger partial charge < -0.3 is 5.32 Å². The van der Waals surface area contributed by atoms with Crippen LogP contribution in [0.1, 0.15) is 35.7 Å². The summed E-state index contributed by atoms with van der Waals surface area (Å²) in [5.74, 6) is -0.583. The summed E-state index contributed by atoms with van der Waals surface area (Å²) >= 11 is 0. The Morgan fingerprint density at radius 3 is 2.38 bits per heavy atom. The van der Waals surface area contributed by atoms with Gasteiger partial charge in [-0.25, -0.2) is 17.5 Å². The van der Waals surface area contributed by atoms with Gasteiger partial charge in [-0.15, -0.1) is 0 Å². The molecular formula is C19H23FN2O3S. The average molecular weight is 378 g/mol. The minimum Gasteiger partial charge on any atom is -0.352 e. The fourth-order valence-corrected chi connectivity index (χ4v) is 3.40. The van der Waals surface area contributed by atoms with Gasteiger partial charge in [-0.3, -0.25) is 4.79 Å². The highest BCUT2D eigenvalue weighted by Crippen LogP contribution is 2.11. The van der Waals surface area contributed by atoms with Crippen molar-refractivity contribution in [3.8, 4) is 0 Å². The Morgan fingerprint density at radius 1 is 1.04 bits per heavy atom. The second-order valence-electron chi connectivity index (χ2n) is 5.87. The summed E-state index contributed by atoms with van der Waals surface area (Å²) in [6, 6.07) is 12.0. The van der Waals surface area contributed by atoms with Crippen molar-refractivity contribution in [1.82, 2.24) is 10.0 Å². The molecule has 0 aliphatic carbocycles. The van der Waals surface area contributed by atoms with E-state index in [1.165, 1.54) is 30.3 Å². The van der Waals surface area contributed by atoms with E-state index in [0.717, 1.165) is 12.8 Å². The van der Waals surface area contributed by atoms with Crippen LogP contribution in [0.15, 0.2) is 53.4 Å². The fraction of sp³-hybridized carbons (Fsp3) is 0.316. The molecule has 26 heavy (non-hydrogen) atoms. The minimum atomic E-state index is -3.71. The number of sulfonamides is 1. The molecule has 2 rings (SSSR count). The largest absolute Gasteiger partial charge is 0.352 e. The van der Waals surface area contributed by atoms with Gasteiger partial charge >= 0.3 is 0 Å². The first-order chi connectivity index (χ1) is 12.4. The lowest BCUT2D eigenvalue weighted by atomic mass is 10.1. The van der Waals surface area contributed by atoms with E-state index in [1.54, 1.807) is 18.2 Å². The number of amides is 1. The van der Waals surface area contributed by atoms with Gasteiger partial charge in [0.2, 0.25) is 10.0 Å². The quantitative estimate of drug-likeness (QED) is 0.659. The van der Waals surface area contributed by atoms with Crippen LogP contribution < -0.4 is 10.0 Å². The molecule has 0 fully saturated rings. The van der Waals surface area contributed by atoms with Crippen LogP contribution in [0, 0.1) is 5.82 Å². The zero-order valence-corrected chi connectivity index (χ0v) is 15.5. The van der Waals surface area contributed by atoms with Crippen molar-refractivity contribution >= 4 is 15.9 Å². The number of rotatable bonds is 9. The fourth-order valence-electron chi connectivity index (χ4n) is 2.37. The lowest BCUT2D eigenvalue weighted by Crippen LogP contribution is -2.27. The van der Waals surface area contributed by atoms with Gasteiger partial charge in [0.05, 0.1) is 4.90 Å². The van der Waals surface area contributed by atoms with Gasteiger partial charge in [0.15, 0.2) is 0 Å². The maximum Gasteiger partial charge on any atom is 0.251 e. The second-order valence-corrected chi connectivity index (χ2v) is 7.64. The van der Waals surface area contributed by atoms with Gasteiger partial charge in [-0.1, -0.05) is 31.5 Å². The molecule has 0 saturated heterocycles. The van der Waals surface area contributed by atoms with Gasteiger partial charge in [-0.2, -0.15) is 0 Å². The predicted molar refractivity (Wildman–Crippen MR) is 99.0 cm³/mol. The molecule has 0 aliphatic heterocycles. The van der Waals surface area contributed by atoms with Crippen molar-refractivity contribution in [2.75, 3.05) is 13.1 Å². The average Bonchev–Trinajstić information content (AvgIpc) is 2.63. The Bertz CT molecular complexity index is 836. The van der Waals surface area contributed by atoms with Gasteiger partial charge in [0.25, 0.3) is 5.91 Å². The molecule has 0 heterocycles. The van der Waals surface area contributed by atoms with Gasteiger partial charge in [0, 0.05) is 18.7 Å². The molecule has 2 N–H and O–H groups in total. The van der Waals surface area contributed by atoms with E-state index >= 15 is 0 Å². The maximum atomic E-state index is 13.5. The SMILES string of the molecule is CCCCNC(=O)c1ccc(S(=O)(=O)NCCc2ccccc2F)cc1. The molecule has 0 aromatic heterocycles. The third-order valence-corrected chi connectivity index (χ3v) is 5.36. The normalized spacial score (nSPS) is 11.3. The zero-order valence-electron chi connectivity index (χ0n) is 14.7. The highest BCUT2D eigenvalue weighted by molar-refractivity contribution is 7.89. The first-order valence-electron chi connectivity index (χ1n) is 8.55. The van der Waals surface area contributed by atoms with E-state index in [2.05, 4.69) is 10.0 Å². The zero-order chi connectivity index (χ0) is 19.0. The molecule has 0 radical (unpaired) electrons. The van der Waals surface area contributed by atoms with Crippen LogP contribution in [0.3, 0.4) is 0 Å². The smallest absolute Gasteiger partial charge is 0.251 e. The Balaban J connectivity index is 1.94. The molecule has 2 aromatic carbocycles. The number of hydrogen-bond donors (Lipinski definition) is 2. The number of halogens is 1. The Hall–Kier alpha value is -2.25. The first kappa shape index (κ1) is 20.1. The summed E-state index contributed by atoms with van der Waals surface area (Å²) in [7, 11) is -3.71. The lowest BCUT2D eigenvalue weighted by molar-refractivity contribution is 0.0953. The van der Waals surface area contributed by atoms with Crippen LogP contribution in [0.5, 0.6) is 0 Å². The third-order valence-electron chi connectivity index (χ3n) is 3.89. The van der Waals surface area contributed by atoms with Crippen LogP contribution in [-0.2, 0) is 16.4 Å². The monoisotopic (exact) mass is 378 g/mol. The Labute approximate surface area is 153 Å². The van der Waals surface area contributed by atoms with Gasteiger partial charge in [-0.05, 0) is 48.7 Å². The van der Waals surface area contributed by atoms with Crippen molar-refractivity contribution in [1.29, 1.82) is 0 Å². The highest BCUT2D eigenvalue weighted by Gasteiger charge is 2.15. The molecule has 1 amide bonds. The molecule has 5 nitrogen and oxygen atoms in total. The maximum absolute atomic E-state index is 13.5. The van der Waals surface area contributed by atoms with E-state index in [4.69, 9.17) is 0 Å². The Morgan fingerprint density at radius 2 is 1.73 bits per heavy atom. The molecule has 0 unspecified atom stereocenters. The van der Waals surface area contributed by atoms with Crippen molar-refractivity contribution < 1.29 is 17.6 Å². The third kappa shape index (κ3) is 5.64. The summed E-state index contributed by atoms with van der Waals surface area (Å²) < 4.78 is 40.6. The molecule has 0 aliphatic rings. The molecule has 0 bridgehead atoms. The summed E-state index contributed by atoms with van der Waals surface area (Å²) in [6.07, 6.45) is 2.13. The summed E-state index contributed by atoms with van der Waals surface area (Å²) in [5, 5.41) is 2.78. The number of carbonyl (C=O) groups is 1. The molecule has 0 saturated carbocycles. The molecule has 2 aromatic rings. The summed E-state index contributed by atoms with van der Waals surface area (Å²) in [5.41, 5.74) is 0.862. The summed E-state index contributed by atoms with van der Waals surface area (Å²) in [6.45, 7) is 2.71. The molecule has 140 valence electrons. The number of carbonyl (C=O) groups excluding carboxylic acids is 1. The van der Waals surface area contributed by atoms with Crippen LogP contribution in [0.4, 0.5) is 4.39 Å². The molecule has 7 heteroatoms. The molecular weight excluding hydrogens is 355 g/mol. The predicted octanol–water partition coefficient (Wildman–Crippen LogP) is 2.88. The number of benzene rings is 2. The second kappa shape index (κ2) is 9.45. The van der Waals surface area contributed by atoms with E-state index in [1.807, 2.05) is 6.92 Å². The van der Waals surface area contributed by atoms with E-state index < -0.39 is 10.0 Å². The standard InChI is InChI=1S/C19H23FN2O3S/c1-2-3-13-21-19(23)16-8-10-17(11-9-16)26(24,25)22-14-12-15-6-4-5-7-18(15)20/h4-11,22H,2-3,12-14H2,1H3,(H,21,23). The van der Waals surface area contributed by atoms with Crippen LogP contribution in [-0.4, -0.2) is 27.4 Å². The van der Waals surface area contributed by atoms with E-state index in [0.29, 0.717) is 17.7 Å². The number of nitrogens with one attached hydrogen (secondary N) is 2. The Kier molecular flexibility index (Phi) is 7.29. The van der Waals surface area contributed by atoms with Crippen molar-refractivity contribution in [2.24, 2.45) is 0 Å². The van der Waals surface area contributed by atoms with Crippen molar-refractivity contribution in [3.63, 3.8) is 0 Å². The topological polar surface area (TPSA) is 75.3 Å². The van der Waals surface area contributed by atoms with Gasteiger partial charge in [0.1, 0.15) is 5.82 Å². The first-order valence-corrected chi connectivity index (χ1v) is 10.0. The van der Waals surface area contributed by atoms with Crippen LogP contribution >= 0.6 is 0 Å². The minimum absolute atomic E-state index is 0.0659. The highest BCUT2D eigenvalue weighted by atomic mass is 32.2. The number of unbranched alkanes of at least 4 members (excludes halogenated alkanes) is 1. The van der Waals surface area contributed by atoms with Crippen molar-refractivity contribution in [3.05, 3.63) is 65.5 Å². The molecule has 0 atom stereocenters. The number of hydrogen-bond acceptors (Lipinski definition) is 3. The van der Waals surface area contributed by atoms with E-state index in [-0.39, 0.29) is 29.6 Å². The van der Waals surface area contributed by atoms with E-state index in [9.17, 15) is 17.6 Å². The van der Waals surface area contributed by atoms with Crippen LogP contribution in [0.2, 0.25) is 0 Å². The van der Waals surface area contributed by atoms with Crippen molar-refractivity contribution in [2.45, 2.75) is 31.1 Å². The van der Waals surface area contributed by atoms with Crippen LogP contribution in [0.25, 0.3) is 0 Å². The summed E-state index contributed by atoms with van der Waals surface area (Å²) in [4.78, 5) is 12.0. The molecule has 0 spiro atoms. The lowest BCUT2D eigenvalue weighted by Gasteiger charge is -2.09.